The van der Waals surface area contributed by atoms with Crippen molar-refractivity contribution in [2.75, 3.05) is 0 Å². The molecular formula is C13H25NO3. The number of nitrogens with two attached hydrogens (primary N) is 1. The molecular weight excluding hydrogens is 218 g/mol. The van der Waals surface area contributed by atoms with E-state index in [-0.39, 0.29) is 17.8 Å². The third-order valence-electron chi connectivity index (χ3n) is 3.29. The smallest absolute Gasteiger partial charge is 0.309 e. The van der Waals surface area contributed by atoms with Crippen molar-refractivity contribution < 1.29 is 14.6 Å². The molecule has 0 aromatic rings. The largest absolute Gasteiger partial charge is 0.460 e. The van der Waals surface area contributed by atoms with Gasteiger partial charge in [0.15, 0.2) is 0 Å². The lowest BCUT2D eigenvalue weighted by molar-refractivity contribution is -0.162. The molecule has 0 aliphatic heterocycles. The molecule has 100 valence electrons. The maximum atomic E-state index is 11.9. The van der Waals surface area contributed by atoms with Crippen molar-refractivity contribution in [1.82, 2.24) is 0 Å². The first-order chi connectivity index (χ1) is 7.59. The van der Waals surface area contributed by atoms with Crippen molar-refractivity contribution in [3.63, 3.8) is 0 Å². The fourth-order valence-electron chi connectivity index (χ4n) is 2.30. The molecule has 4 heteroatoms. The van der Waals surface area contributed by atoms with Crippen molar-refractivity contribution in [2.45, 2.75) is 64.7 Å². The minimum atomic E-state index is -1.13. The van der Waals surface area contributed by atoms with Crippen molar-refractivity contribution >= 4 is 5.97 Å². The number of hydrogen-bond donors (Lipinski definition) is 2. The topological polar surface area (TPSA) is 72.5 Å². The van der Waals surface area contributed by atoms with Gasteiger partial charge < -0.3 is 15.6 Å². The third-order valence-corrected chi connectivity index (χ3v) is 3.29. The second-order valence-corrected chi connectivity index (χ2v) is 6.31. The Hall–Kier alpha value is -0.610. The van der Waals surface area contributed by atoms with Gasteiger partial charge in [0.05, 0.1) is 5.92 Å². The molecule has 0 radical (unpaired) electrons. The number of rotatable bonds is 2. The number of hydrogen-bond acceptors (Lipinski definition) is 4. The summed E-state index contributed by atoms with van der Waals surface area (Å²) >= 11 is 0. The quantitative estimate of drug-likeness (QED) is 0.573. The van der Waals surface area contributed by atoms with Crippen LogP contribution in [0.25, 0.3) is 0 Å². The maximum Gasteiger partial charge on any atom is 0.309 e. The molecule has 4 nitrogen and oxygen atoms in total. The van der Waals surface area contributed by atoms with E-state index in [1.54, 1.807) is 6.92 Å². The average Bonchev–Trinajstić information content (AvgIpc) is 2.14. The van der Waals surface area contributed by atoms with Crippen LogP contribution in [0.1, 0.15) is 53.4 Å². The molecule has 1 aliphatic carbocycles. The molecule has 1 unspecified atom stereocenters. The SMILES string of the molecule is CC(C)(C)OC(=O)C1CCC(C(C)(N)O)CC1. The molecule has 17 heavy (non-hydrogen) atoms. The van der Waals surface area contributed by atoms with Crippen LogP contribution in [0.5, 0.6) is 0 Å². The van der Waals surface area contributed by atoms with Crippen LogP contribution in [-0.4, -0.2) is 22.4 Å². The molecule has 1 rings (SSSR count). The monoisotopic (exact) mass is 243 g/mol. The first kappa shape index (κ1) is 14.5. The number of carbonyl (C=O) groups is 1. The first-order valence-electron chi connectivity index (χ1n) is 6.33. The van der Waals surface area contributed by atoms with Crippen LogP contribution in [0, 0.1) is 11.8 Å². The molecule has 0 spiro atoms. The zero-order chi connectivity index (χ0) is 13.3. The summed E-state index contributed by atoms with van der Waals surface area (Å²) in [6.45, 7) is 7.26. The summed E-state index contributed by atoms with van der Waals surface area (Å²) < 4.78 is 5.37. The van der Waals surface area contributed by atoms with E-state index in [1.165, 1.54) is 0 Å². The Bertz CT molecular complexity index is 267. The zero-order valence-corrected chi connectivity index (χ0v) is 11.3. The summed E-state index contributed by atoms with van der Waals surface area (Å²) in [5, 5.41) is 9.72. The van der Waals surface area contributed by atoms with Gasteiger partial charge in [-0.2, -0.15) is 0 Å². The Morgan fingerprint density at radius 3 is 2.00 bits per heavy atom. The predicted molar refractivity (Wildman–Crippen MR) is 66.1 cm³/mol. The second-order valence-electron chi connectivity index (χ2n) is 6.31. The van der Waals surface area contributed by atoms with Crippen molar-refractivity contribution in [2.24, 2.45) is 17.6 Å². The van der Waals surface area contributed by atoms with E-state index in [0.717, 1.165) is 25.7 Å². The van der Waals surface area contributed by atoms with Gasteiger partial charge in [0.25, 0.3) is 0 Å². The van der Waals surface area contributed by atoms with E-state index >= 15 is 0 Å². The Labute approximate surface area is 104 Å². The summed E-state index contributed by atoms with van der Waals surface area (Å²) in [6.07, 6.45) is 3.08. The van der Waals surface area contributed by atoms with Crippen LogP contribution >= 0.6 is 0 Å². The Kier molecular flexibility index (Phi) is 4.20. The van der Waals surface area contributed by atoms with E-state index < -0.39 is 11.3 Å². The van der Waals surface area contributed by atoms with Gasteiger partial charge in [-0.1, -0.05) is 0 Å². The Balaban J connectivity index is 2.45. The third kappa shape index (κ3) is 4.64. The highest BCUT2D eigenvalue weighted by Crippen LogP contribution is 2.34. The molecule has 1 fully saturated rings. The molecule has 0 aromatic carbocycles. The fraction of sp³-hybridized carbons (Fsp3) is 0.923. The van der Waals surface area contributed by atoms with E-state index in [2.05, 4.69) is 0 Å². The molecule has 0 amide bonds. The number of carbonyl (C=O) groups excluding carboxylic acids is 1. The van der Waals surface area contributed by atoms with Crippen LogP contribution in [0.3, 0.4) is 0 Å². The van der Waals surface area contributed by atoms with Gasteiger partial charge in [0.2, 0.25) is 0 Å². The molecule has 3 N–H and O–H groups in total. The summed E-state index contributed by atoms with van der Waals surface area (Å²) in [4.78, 5) is 11.9. The number of ether oxygens (including phenoxy) is 1. The van der Waals surface area contributed by atoms with Crippen LogP contribution in [0.2, 0.25) is 0 Å². The lowest BCUT2D eigenvalue weighted by Gasteiger charge is -2.35. The van der Waals surface area contributed by atoms with Crippen LogP contribution in [0.15, 0.2) is 0 Å². The standard InChI is InChI=1S/C13H25NO3/c1-12(2,3)17-11(15)9-5-7-10(8-6-9)13(4,14)16/h9-10,16H,5-8,14H2,1-4H3. The molecule has 1 aliphatic rings. The summed E-state index contributed by atoms with van der Waals surface area (Å²) in [6, 6.07) is 0. The predicted octanol–water partition coefficient (Wildman–Crippen LogP) is 1.80. The summed E-state index contributed by atoms with van der Waals surface area (Å²) in [5.74, 6) is -0.0679. The van der Waals surface area contributed by atoms with E-state index in [0.29, 0.717) is 0 Å². The molecule has 0 aromatic heterocycles. The molecule has 1 atom stereocenters. The fourth-order valence-corrected chi connectivity index (χ4v) is 2.30. The second kappa shape index (κ2) is 4.94. The Morgan fingerprint density at radius 1 is 1.18 bits per heavy atom. The van der Waals surface area contributed by atoms with E-state index in [9.17, 15) is 9.90 Å². The Morgan fingerprint density at radius 2 is 1.65 bits per heavy atom. The van der Waals surface area contributed by atoms with Gasteiger partial charge in [-0.3, -0.25) is 4.79 Å². The summed E-state index contributed by atoms with van der Waals surface area (Å²) in [7, 11) is 0. The molecule has 0 bridgehead atoms. The molecule has 0 heterocycles. The van der Waals surface area contributed by atoms with Gasteiger partial charge in [-0.15, -0.1) is 0 Å². The van der Waals surface area contributed by atoms with Gasteiger partial charge >= 0.3 is 5.97 Å². The average molecular weight is 243 g/mol. The zero-order valence-electron chi connectivity index (χ0n) is 11.3. The lowest BCUT2D eigenvalue weighted by Crippen LogP contribution is -2.46. The van der Waals surface area contributed by atoms with E-state index in [4.69, 9.17) is 10.5 Å². The highest BCUT2D eigenvalue weighted by molar-refractivity contribution is 5.72. The van der Waals surface area contributed by atoms with Gasteiger partial charge in [-0.05, 0) is 53.4 Å². The van der Waals surface area contributed by atoms with Crippen LogP contribution in [0.4, 0.5) is 0 Å². The highest BCUT2D eigenvalue weighted by atomic mass is 16.6. The van der Waals surface area contributed by atoms with Crippen LogP contribution in [-0.2, 0) is 9.53 Å². The minimum absolute atomic E-state index is 0.0344. The van der Waals surface area contributed by atoms with Crippen LogP contribution < -0.4 is 5.73 Å². The summed E-state index contributed by atoms with van der Waals surface area (Å²) in [5.41, 5.74) is 4.12. The van der Waals surface area contributed by atoms with E-state index in [1.807, 2.05) is 20.8 Å². The van der Waals surface area contributed by atoms with Gasteiger partial charge in [0, 0.05) is 5.92 Å². The molecule has 1 saturated carbocycles. The van der Waals surface area contributed by atoms with Gasteiger partial charge in [0.1, 0.15) is 11.3 Å². The highest BCUT2D eigenvalue weighted by Gasteiger charge is 2.35. The van der Waals surface area contributed by atoms with Crippen molar-refractivity contribution in [3.05, 3.63) is 0 Å². The molecule has 0 saturated heterocycles. The maximum absolute atomic E-state index is 11.9. The van der Waals surface area contributed by atoms with Crippen molar-refractivity contribution in [1.29, 1.82) is 0 Å². The number of aliphatic hydroxyl groups is 1. The normalized spacial score (nSPS) is 29.5. The van der Waals surface area contributed by atoms with Crippen molar-refractivity contribution in [3.8, 4) is 0 Å². The number of esters is 1. The lowest BCUT2D eigenvalue weighted by atomic mass is 9.77. The van der Waals surface area contributed by atoms with Gasteiger partial charge in [-0.25, -0.2) is 0 Å². The minimum Gasteiger partial charge on any atom is -0.460 e. The first-order valence-corrected chi connectivity index (χ1v) is 6.33.